The van der Waals surface area contributed by atoms with E-state index in [4.69, 9.17) is 10.8 Å². The molecular weight excluding hydrogens is 306 g/mol. The zero-order valence-corrected chi connectivity index (χ0v) is 12.1. The fourth-order valence-corrected chi connectivity index (χ4v) is 1.44. The number of anilines is 2. The van der Waals surface area contributed by atoms with Crippen LogP contribution in [0.4, 0.5) is 20.2 Å². The lowest BCUT2D eigenvalue weighted by Gasteiger charge is -2.03. The molecule has 23 heavy (non-hydrogen) atoms. The summed E-state index contributed by atoms with van der Waals surface area (Å²) in [6, 6.07) is 11.0. The number of aliphatic carboxylic acids is 1. The molecule has 122 valence electrons. The smallest absolute Gasteiger partial charge is 0.303 e. The summed E-state index contributed by atoms with van der Waals surface area (Å²) in [6.45, 7) is 0. The maximum absolute atomic E-state index is 12.5. The Morgan fingerprint density at radius 3 is 1.83 bits per heavy atom. The highest BCUT2D eigenvalue weighted by molar-refractivity contribution is 5.92. The van der Waals surface area contributed by atoms with Crippen molar-refractivity contribution >= 4 is 23.3 Å². The van der Waals surface area contributed by atoms with Gasteiger partial charge in [-0.1, -0.05) is 0 Å². The summed E-state index contributed by atoms with van der Waals surface area (Å²) in [4.78, 5) is 21.3. The van der Waals surface area contributed by atoms with Gasteiger partial charge in [-0.05, 0) is 48.5 Å². The molecule has 2 aromatic rings. The molecule has 0 spiro atoms. The van der Waals surface area contributed by atoms with Crippen LogP contribution in [0.15, 0.2) is 48.5 Å². The van der Waals surface area contributed by atoms with E-state index in [1.807, 2.05) is 0 Å². The Hall–Kier alpha value is -2.96. The largest absolute Gasteiger partial charge is 0.481 e. The second kappa shape index (κ2) is 9.14. The Balaban J connectivity index is 0.000000277. The van der Waals surface area contributed by atoms with Gasteiger partial charge < -0.3 is 16.2 Å². The maximum atomic E-state index is 12.5. The fourth-order valence-electron chi connectivity index (χ4n) is 1.44. The minimum absolute atomic E-state index is 0.0906. The van der Waals surface area contributed by atoms with E-state index in [0.717, 1.165) is 0 Å². The number of hydrogen-bond acceptors (Lipinski definition) is 3. The van der Waals surface area contributed by atoms with E-state index in [2.05, 4.69) is 5.32 Å². The lowest BCUT2D eigenvalue weighted by atomic mass is 10.2. The summed E-state index contributed by atoms with van der Waals surface area (Å²) in [5.74, 6) is -2.06. The van der Waals surface area contributed by atoms with E-state index in [1.54, 1.807) is 0 Å². The van der Waals surface area contributed by atoms with Crippen LogP contribution in [-0.2, 0) is 9.59 Å². The van der Waals surface area contributed by atoms with Crippen LogP contribution in [0.3, 0.4) is 0 Å². The molecule has 5 nitrogen and oxygen atoms in total. The van der Waals surface area contributed by atoms with Crippen molar-refractivity contribution in [3.8, 4) is 0 Å². The molecule has 7 heteroatoms. The van der Waals surface area contributed by atoms with Crippen LogP contribution in [0.2, 0.25) is 0 Å². The van der Waals surface area contributed by atoms with Crippen LogP contribution in [0.5, 0.6) is 0 Å². The summed E-state index contributed by atoms with van der Waals surface area (Å²) in [5, 5.41) is 10.8. The van der Waals surface area contributed by atoms with Crippen LogP contribution >= 0.6 is 0 Å². The number of benzene rings is 2. The molecule has 0 atom stereocenters. The summed E-state index contributed by atoms with van der Waals surface area (Å²) in [7, 11) is 0. The van der Waals surface area contributed by atoms with Crippen LogP contribution < -0.4 is 11.1 Å². The number of rotatable bonds is 4. The number of nitrogen functional groups attached to an aromatic ring is 1. The van der Waals surface area contributed by atoms with Crippen LogP contribution in [0.1, 0.15) is 12.8 Å². The zero-order valence-electron chi connectivity index (χ0n) is 12.1. The third-order valence-electron chi connectivity index (χ3n) is 2.56. The number of halogens is 2. The summed E-state index contributed by atoms with van der Waals surface area (Å²) >= 11 is 0. The molecule has 0 aliphatic heterocycles. The van der Waals surface area contributed by atoms with Gasteiger partial charge >= 0.3 is 5.97 Å². The SMILES string of the molecule is Nc1ccc(F)cc1.O=C(O)CCC(=O)Nc1ccc(F)cc1. The number of carbonyl (C=O) groups excluding carboxylic acids is 1. The number of nitrogens with one attached hydrogen (secondary N) is 1. The first-order valence-electron chi connectivity index (χ1n) is 6.65. The summed E-state index contributed by atoms with van der Waals surface area (Å²) < 4.78 is 24.5. The molecular formula is C16H16F2N2O3. The number of nitrogens with two attached hydrogens (primary N) is 1. The quantitative estimate of drug-likeness (QED) is 0.754. The third-order valence-corrected chi connectivity index (χ3v) is 2.56. The van der Waals surface area contributed by atoms with E-state index in [1.165, 1.54) is 48.5 Å². The Kier molecular flexibility index (Phi) is 7.19. The van der Waals surface area contributed by atoms with Gasteiger partial charge in [0.2, 0.25) is 5.91 Å². The standard InChI is InChI=1S/C10H10FNO3.C6H6FN/c11-7-1-3-8(4-2-7)12-9(13)5-6-10(14)15;7-5-1-3-6(8)4-2-5/h1-4H,5-6H2,(H,12,13)(H,14,15);1-4H,8H2. The average molecular weight is 322 g/mol. The topological polar surface area (TPSA) is 92.4 Å². The van der Waals surface area contributed by atoms with Gasteiger partial charge in [0, 0.05) is 17.8 Å². The Morgan fingerprint density at radius 1 is 0.913 bits per heavy atom. The minimum atomic E-state index is -1.02. The molecule has 1 amide bonds. The normalized spacial score (nSPS) is 9.48. The van der Waals surface area contributed by atoms with Crippen LogP contribution in [0.25, 0.3) is 0 Å². The van der Waals surface area contributed by atoms with E-state index < -0.39 is 17.7 Å². The van der Waals surface area contributed by atoms with Gasteiger partial charge in [0.25, 0.3) is 0 Å². The van der Waals surface area contributed by atoms with Crippen molar-refractivity contribution in [2.24, 2.45) is 0 Å². The highest BCUT2D eigenvalue weighted by atomic mass is 19.1. The minimum Gasteiger partial charge on any atom is -0.481 e. The summed E-state index contributed by atoms with van der Waals surface area (Å²) in [5.41, 5.74) is 6.30. The molecule has 0 saturated heterocycles. The number of hydrogen-bond donors (Lipinski definition) is 3. The Bertz CT molecular complexity index is 622. The fraction of sp³-hybridized carbons (Fsp3) is 0.125. The monoisotopic (exact) mass is 322 g/mol. The molecule has 0 aliphatic rings. The van der Waals surface area contributed by atoms with Crippen molar-refractivity contribution in [1.82, 2.24) is 0 Å². The average Bonchev–Trinajstić information content (AvgIpc) is 2.51. The van der Waals surface area contributed by atoms with Crippen molar-refractivity contribution in [3.05, 3.63) is 60.2 Å². The first-order valence-corrected chi connectivity index (χ1v) is 6.65. The molecule has 2 aromatic carbocycles. The molecule has 0 fully saturated rings. The lowest BCUT2D eigenvalue weighted by Crippen LogP contribution is -2.13. The molecule has 0 aromatic heterocycles. The molecule has 0 aliphatic carbocycles. The van der Waals surface area contributed by atoms with Crippen molar-refractivity contribution in [3.63, 3.8) is 0 Å². The van der Waals surface area contributed by atoms with Gasteiger partial charge in [-0.2, -0.15) is 0 Å². The molecule has 0 bridgehead atoms. The molecule has 0 unspecified atom stereocenters. The van der Waals surface area contributed by atoms with E-state index >= 15 is 0 Å². The van der Waals surface area contributed by atoms with Gasteiger partial charge in [-0.3, -0.25) is 9.59 Å². The van der Waals surface area contributed by atoms with Crippen LogP contribution in [-0.4, -0.2) is 17.0 Å². The molecule has 4 N–H and O–H groups in total. The van der Waals surface area contributed by atoms with Gasteiger partial charge in [0.1, 0.15) is 11.6 Å². The van der Waals surface area contributed by atoms with Gasteiger partial charge in [-0.25, -0.2) is 8.78 Å². The van der Waals surface area contributed by atoms with Gasteiger partial charge in [0.05, 0.1) is 6.42 Å². The highest BCUT2D eigenvalue weighted by Gasteiger charge is 2.05. The van der Waals surface area contributed by atoms with Crippen molar-refractivity contribution in [2.45, 2.75) is 12.8 Å². The number of amides is 1. The maximum Gasteiger partial charge on any atom is 0.303 e. The Morgan fingerprint density at radius 2 is 1.39 bits per heavy atom. The molecule has 0 heterocycles. The number of carbonyl (C=O) groups is 2. The van der Waals surface area contributed by atoms with Crippen LogP contribution in [0, 0.1) is 11.6 Å². The number of carboxylic acids is 1. The number of carboxylic acid groups (broad SMARTS) is 1. The van der Waals surface area contributed by atoms with Crippen molar-refractivity contribution in [1.29, 1.82) is 0 Å². The van der Waals surface area contributed by atoms with E-state index in [0.29, 0.717) is 11.4 Å². The predicted molar refractivity (Wildman–Crippen MR) is 82.7 cm³/mol. The molecule has 0 radical (unpaired) electrons. The third kappa shape index (κ3) is 8.15. The lowest BCUT2D eigenvalue weighted by molar-refractivity contribution is -0.138. The molecule has 2 rings (SSSR count). The van der Waals surface area contributed by atoms with Gasteiger partial charge in [-0.15, -0.1) is 0 Å². The van der Waals surface area contributed by atoms with Gasteiger partial charge in [0.15, 0.2) is 0 Å². The zero-order chi connectivity index (χ0) is 17.2. The molecule has 0 saturated carbocycles. The van der Waals surface area contributed by atoms with Crippen molar-refractivity contribution in [2.75, 3.05) is 11.1 Å². The first kappa shape index (κ1) is 18.1. The second-order valence-electron chi connectivity index (χ2n) is 4.50. The Labute approximate surface area is 131 Å². The van der Waals surface area contributed by atoms with E-state index in [9.17, 15) is 18.4 Å². The summed E-state index contributed by atoms with van der Waals surface area (Å²) in [6.07, 6.45) is -0.306. The first-order chi connectivity index (χ1) is 10.9. The second-order valence-corrected chi connectivity index (χ2v) is 4.50. The predicted octanol–water partition coefficient (Wildman–Crippen LogP) is 3.04. The van der Waals surface area contributed by atoms with E-state index in [-0.39, 0.29) is 18.7 Å². The highest BCUT2D eigenvalue weighted by Crippen LogP contribution is 2.08. The van der Waals surface area contributed by atoms with Crippen molar-refractivity contribution < 1.29 is 23.5 Å².